The molecule has 5 nitrogen and oxygen atoms in total. The number of rotatable bonds is 4. The molecule has 1 atom stereocenters. The fourth-order valence-corrected chi connectivity index (χ4v) is 3.48. The SMILES string of the molecule is Cc1ccc(-c2nc(C3CC(=O)N(Cc4ccccc4C)C3)no2)cc1C. The summed E-state index contributed by atoms with van der Waals surface area (Å²) in [5.41, 5.74) is 5.71. The smallest absolute Gasteiger partial charge is 0.257 e. The van der Waals surface area contributed by atoms with Crippen molar-refractivity contribution in [1.82, 2.24) is 15.0 Å². The second-order valence-electron chi connectivity index (χ2n) is 7.36. The lowest BCUT2D eigenvalue weighted by Crippen LogP contribution is -2.24. The van der Waals surface area contributed by atoms with E-state index in [1.54, 1.807) is 0 Å². The maximum absolute atomic E-state index is 12.5. The molecule has 0 aliphatic carbocycles. The van der Waals surface area contributed by atoms with Crippen molar-refractivity contribution in [3.63, 3.8) is 0 Å². The van der Waals surface area contributed by atoms with Gasteiger partial charge in [0, 0.05) is 31.0 Å². The van der Waals surface area contributed by atoms with Gasteiger partial charge in [-0.1, -0.05) is 35.5 Å². The molecule has 0 N–H and O–H groups in total. The zero-order valence-corrected chi connectivity index (χ0v) is 15.9. The highest BCUT2D eigenvalue weighted by molar-refractivity contribution is 5.79. The van der Waals surface area contributed by atoms with Gasteiger partial charge >= 0.3 is 0 Å². The van der Waals surface area contributed by atoms with E-state index in [0.29, 0.717) is 31.2 Å². The molecule has 1 fully saturated rings. The van der Waals surface area contributed by atoms with E-state index in [4.69, 9.17) is 4.52 Å². The van der Waals surface area contributed by atoms with Crippen molar-refractivity contribution in [3.8, 4) is 11.5 Å². The number of hydrogen-bond acceptors (Lipinski definition) is 4. The predicted molar refractivity (Wildman–Crippen MR) is 103 cm³/mol. The largest absolute Gasteiger partial charge is 0.338 e. The maximum atomic E-state index is 12.5. The number of likely N-dealkylation sites (tertiary alicyclic amines) is 1. The van der Waals surface area contributed by atoms with Crippen LogP contribution in [0.25, 0.3) is 11.5 Å². The normalized spacial score (nSPS) is 16.9. The van der Waals surface area contributed by atoms with Gasteiger partial charge in [-0.05, 0) is 55.2 Å². The lowest BCUT2D eigenvalue weighted by Gasteiger charge is -2.17. The number of carbonyl (C=O) groups is 1. The van der Waals surface area contributed by atoms with E-state index in [9.17, 15) is 4.79 Å². The Kier molecular flexibility index (Phi) is 4.52. The van der Waals surface area contributed by atoms with Crippen LogP contribution in [-0.4, -0.2) is 27.5 Å². The van der Waals surface area contributed by atoms with Crippen molar-refractivity contribution < 1.29 is 9.32 Å². The zero-order valence-electron chi connectivity index (χ0n) is 15.9. The first-order valence-corrected chi connectivity index (χ1v) is 9.25. The molecule has 1 amide bonds. The minimum absolute atomic E-state index is 0.0226. The maximum Gasteiger partial charge on any atom is 0.257 e. The molecule has 3 aromatic rings. The van der Waals surface area contributed by atoms with Crippen LogP contribution in [0.1, 0.15) is 40.4 Å². The molecule has 1 aromatic heterocycles. The second kappa shape index (κ2) is 6.99. The predicted octanol–water partition coefficient (Wildman–Crippen LogP) is 4.18. The van der Waals surface area contributed by atoms with Gasteiger partial charge in [-0.25, -0.2) is 0 Å². The highest BCUT2D eigenvalue weighted by Crippen LogP contribution is 2.30. The van der Waals surface area contributed by atoms with E-state index in [1.165, 1.54) is 22.3 Å². The van der Waals surface area contributed by atoms with E-state index in [0.717, 1.165) is 5.56 Å². The standard InChI is InChI=1S/C22H23N3O2/c1-14-8-9-17(10-16(14)3)22-23-21(24-27-22)19-11-20(26)25(13-19)12-18-7-5-4-6-15(18)2/h4-10,19H,11-13H2,1-3H3. The lowest BCUT2D eigenvalue weighted by molar-refractivity contribution is -0.128. The molecule has 1 unspecified atom stereocenters. The van der Waals surface area contributed by atoms with Crippen LogP contribution >= 0.6 is 0 Å². The van der Waals surface area contributed by atoms with Crippen LogP contribution in [0.15, 0.2) is 47.0 Å². The van der Waals surface area contributed by atoms with E-state index < -0.39 is 0 Å². The van der Waals surface area contributed by atoms with Gasteiger partial charge in [-0.2, -0.15) is 4.98 Å². The number of hydrogen-bond donors (Lipinski definition) is 0. The van der Waals surface area contributed by atoms with Gasteiger partial charge in [0.15, 0.2) is 5.82 Å². The minimum atomic E-state index is -0.0226. The Balaban J connectivity index is 1.50. The number of nitrogens with zero attached hydrogens (tertiary/aromatic N) is 3. The van der Waals surface area contributed by atoms with E-state index in [-0.39, 0.29) is 11.8 Å². The Morgan fingerprint density at radius 3 is 2.67 bits per heavy atom. The van der Waals surface area contributed by atoms with E-state index in [1.807, 2.05) is 23.1 Å². The molecule has 2 aromatic carbocycles. The molecule has 4 rings (SSSR count). The van der Waals surface area contributed by atoms with Crippen molar-refractivity contribution in [1.29, 1.82) is 0 Å². The van der Waals surface area contributed by atoms with Gasteiger partial charge in [-0.15, -0.1) is 0 Å². The van der Waals surface area contributed by atoms with Crippen molar-refractivity contribution >= 4 is 5.91 Å². The van der Waals surface area contributed by atoms with Crippen molar-refractivity contribution in [3.05, 3.63) is 70.5 Å². The number of amides is 1. The van der Waals surface area contributed by atoms with Crippen LogP contribution in [-0.2, 0) is 11.3 Å². The summed E-state index contributed by atoms with van der Waals surface area (Å²) < 4.78 is 5.47. The first-order chi connectivity index (χ1) is 13.0. The average Bonchev–Trinajstić information content (AvgIpc) is 3.27. The Hall–Kier alpha value is -2.95. The van der Waals surface area contributed by atoms with Crippen LogP contribution in [0.4, 0.5) is 0 Å². The van der Waals surface area contributed by atoms with Crippen LogP contribution < -0.4 is 0 Å². The molecule has 1 aliphatic rings. The molecule has 1 aliphatic heterocycles. The van der Waals surface area contributed by atoms with Gasteiger partial charge in [0.05, 0.1) is 0 Å². The van der Waals surface area contributed by atoms with Gasteiger partial charge in [0.2, 0.25) is 5.91 Å². The third-order valence-electron chi connectivity index (χ3n) is 5.40. The molecular formula is C22H23N3O2. The van der Waals surface area contributed by atoms with Crippen LogP contribution in [0, 0.1) is 20.8 Å². The average molecular weight is 361 g/mol. The molecule has 27 heavy (non-hydrogen) atoms. The minimum Gasteiger partial charge on any atom is -0.338 e. The first kappa shape index (κ1) is 17.5. The summed E-state index contributed by atoms with van der Waals surface area (Å²) in [6.07, 6.45) is 0.428. The Bertz CT molecular complexity index is 993. The zero-order chi connectivity index (χ0) is 19.0. The Morgan fingerprint density at radius 2 is 1.89 bits per heavy atom. The fourth-order valence-electron chi connectivity index (χ4n) is 3.48. The third-order valence-corrected chi connectivity index (χ3v) is 5.40. The number of aryl methyl sites for hydroxylation is 3. The van der Waals surface area contributed by atoms with Crippen molar-refractivity contribution in [2.45, 2.75) is 39.7 Å². The second-order valence-corrected chi connectivity index (χ2v) is 7.36. The molecule has 0 saturated carbocycles. The molecule has 2 heterocycles. The molecule has 1 saturated heterocycles. The molecular weight excluding hydrogens is 338 g/mol. The Morgan fingerprint density at radius 1 is 1.07 bits per heavy atom. The van der Waals surface area contributed by atoms with Crippen LogP contribution in [0.2, 0.25) is 0 Å². The van der Waals surface area contributed by atoms with Crippen LogP contribution in [0.5, 0.6) is 0 Å². The quantitative estimate of drug-likeness (QED) is 0.699. The van der Waals surface area contributed by atoms with Crippen molar-refractivity contribution in [2.75, 3.05) is 6.54 Å². The monoisotopic (exact) mass is 361 g/mol. The molecule has 0 bridgehead atoms. The number of benzene rings is 2. The highest BCUT2D eigenvalue weighted by Gasteiger charge is 2.33. The molecule has 5 heteroatoms. The summed E-state index contributed by atoms with van der Waals surface area (Å²) in [6.45, 7) is 7.46. The Labute approximate surface area is 159 Å². The highest BCUT2D eigenvalue weighted by atomic mass is 16.5. The summed E-state index contributed by atoms with van der Waals surface area (Å²) in [6, 6.07) is 14.3. The molecule has 0 radical (unpaired) electrons. The summed E-state index contributed by atoms with van der Waals surface area (Å²) in [7, 11) is 0. The fraction of sp³-hybridized carbons (Fsp3) is 0.318. The number of aromatic nitrogens is 2. The van der Waals surface area contributed by atoms with Crippen molar-refractivity contribution in [2.24, 2.45) is 0 Å². The first-order valence-electron chi connectivity index (χ1n) is 9.25. The lowest BCUT2D eigenvalue weighted by atomic mass is 10.1. The molecule has 0 spiro atoms. The van der Waals surface area contributed by atoms with E-state index in [2.05, 4.69) is 55.2 Å². The molecule has 138 valence electrons. The number of carbonyl (C=O) groups excluding carboxylic acids is 1. The van der Waals surface area contributed by atoms with Gasteiger partial charge in [-0.3, -0.25) is 4.79 Å². The third kappa shape index (κ3) is 3.50. The van der Waals surface area contributed by atoms with E-state index >= 15 is 0 Å². The summed E-state index contributed by atoms with van der Waals surface area (Å²) in [4.78, 5) is 18.9. The summed E-state index contributed by atoms with van der Waals surface area (Å²) in [5, 5.41) is 4.16. The van der Waals surface area contributed by atoms with Gasteiger partial charge in [0.25, 0.3) is 5.89 Å². The summed E-state index contributed by atoms with van der Waals surface area (Å²) in [5.74, 6) is 1.24. The topological polar surface area (TPSA) is 59.2 Å². The van der Waals surface area contributed by atoms with Crippen LogP contribution in [0.3, 0.4) is 0 Å². The van der Waals surface area contributed by atoms with Gasteiger partial charge < -0.3 is 9.42 Å². The summed E-state index contributed by atoms with van der Waals surface area (Å²) >= 11 is 0. The van der Waals surface area contributed by atoms with Gasteiger partial charge in [0.1, 0.15) is 0 Å².